The summed E-state index contributed by atoms with van der Waals surface area (Å²) in [7, 11) is 4.22. The van der Waals surface area contributed by atoms with Crippen LogP contribution in [0.5, 0.6) is 0 Å². The van der Waals surface area contributed by atoms with Crippen molar-refractivity contribution in [3.8, 4) is 0 Å². The van der Waals surface area contributed by atoms with Crippen LogP contribution in [0, 0.1) is 0 Å². The Balaban J connectivity index is 2.21. The molecule has 3 nitrogen and oxygen atoms in total. The molecule has 1 rings (SSSR count). The quantitative estimate of drug-likeness (QED) is 0.620. The van der Waals surface area contributed by atoms with Crippen molar-refractivity contribution in [3.05, 3.63) is 0 Å². The van der Waals surface area contributed by atoms with Gasteiger partial charge in [-0.3, -0.25) is 0 Å². The van der Waals surface area contributed by atoms with Gasteiger partial charge in [-0.1, -0.05) is 0 Å². The Bertz CT molecular complexity index is 116. The molecule has 0 saturated carbocycles. The standard InChI is InChI=1S/C9H21N3/c1-10-6-4-9-8-12(2)7-3-5-11-9/h9-11H,3-8H2,1-2H3. The SMILES string of the molecule is CNCCC1CN(C)CCCN1. The van der Waals surface area contributed by atoms with E-state index in [0.29, 0.717) is 6.04 Å². The molecule has 1 atom stereocenters. The third kappa shape index (κ3) is 3.52. The molecule has 12 heavy (non-hydrogen) atoms. The maximum atomic E-state index is 3.57. The Morgan fingerprint density at radius 2 is 2.42 bits per heavy atom. The lowest BCUT2D eigenvalue weighted by Crippen LogP contribution is -2.37. The van der Waals surface area contributed by atoms with Gasteiger partial charge in [-0.2, -0.15) is 0 Å². The van der Waals surface area contributed by atoms with E-state index >= 15 is 0 Å². The topological polar surface area (TPSA) is 27.3 Å². The lowest BCUT2D eigenvalue weighted by molar-refractivity contribution is 0.316. The van der Waals surface area contributed by atoms with Gasteiger partial charge in [0.25, 0.3) is 0 Å². The molecule has 0 bridgehead atoms. The summed E-state index contributed by atoms with van der Waals surface area (Å²) in [5.74, 6) is 0. The molecule has 0 aromatic rings. The van der Waals surface area contributed by atoms with Gasteiger partial charge in [-0.05, 0) is 46.6 Å². The summed E-state index contributed by atoms with van der Waals surface area (Å²) in [6.45, 7) is 4.73. The summed E-state index contributed by atoms with van der Waals surface area (Å²) in [6, 6.07) is 0.685. The number of nitrogens with zero attached hydrogens (tertiary/aromatic N) is 1. The predicted molar refractivity (Wildman–Crippen MR) is 52.4 cm³/mol. The van der Waals surface area contributed by atoms with Crippen LogP contribution < -0.4 is 10.6 Å². The molecule has 0 amide bonds. The summed E-state index contributed by atoms with van der Waals surface area (Å²) in [6.07, 6.45) is 2.52. The van der Waals surface area contributed by atoms with Gasteiger partial charge in [0.1, 0.15) is 0 Å². The third-order valence-electron chi connectivity index (χ3n) is 2.42. The number of hydrogen-bond acceptors (Lipinski definition) is 3. The summed E-state index contributed by atoms with van der Waals surface area (Å²) in [4.78, 5) is 2.42. The largest absolute Gasteiger partial charge is 0.320 e. The summed E-state index contributed by atoms with van der Waals surface area (Å²) < 4.78 is 0. The van der Waals surface area contributed by atoms with Gasteiger partial charge in [0.05, 0.1) is 0 Å². The molecule has 1 aliphatic heterocycles. The molecule has 0 radical (unpaired) electrons. The van der Waals surface area contributed by atoms with Gasteiger partial charge in [0.2, 0.25) is 0 Å². The predicted octanol–water partition coefficient (Wildman–Crippen LogP) is -0.110. The molecule has 1 aliphatic rings. The van der Waals surface area contributed by atoms with Crippen LogP contribution in [0.15, 0.2) is 0 Å². The molecule has 0 aromatic carbocycles. The van der Waals surface area contributed by atoms with Crippen molar-refractivity contribution in [2.45, 2.75) is 18.9 Å². The van der Waals surface area contributed by atoms with E-state index in [2.05, 4.69) is 22.6 Å². The van der Waals surface area contributed by atoms with Crippen LogP contribution in [0.3, 0.4) is 0 Å². The van der Waals surface area contributed by atoms with Crippen LogP contribution >= 0.6 is 0 Å². The maximum absolute atomic E-state index is 3.57. The minimum absolute atomic E-state index is 0.685. The number of nitrogens with one attached hydrogen (secondary N) is 2. The van der Waals surface area contributed by atoms with Crippen molar-refractivity contribution >= 4 is 0 Å². The van der Waals surface area contributed by atoms with Crippen LogP contribution in [-0.2, 0) is 0 Å². The van der Waals surface area contributed by atoms with Crippen LogP contribution in [0.1, 0.15) is 12.8 Å². The van der Waals surface area contributed by atoms with Crippen molar-refractivity contribution in [1.29, 1.82) is 0 Å². The molecule has 1 fully saturated rings. The molecule has 0 aromatic heterocycles. The molecule has 1 heterocycles. The van der Waals surface area contributed by atoms with Crippen LogP contribution in [0.25, 0.3) is 0 Å². The van der Waals surface area contributed by atoms with Gasteiger partial charge in [-0.25, -0.2) is 0 Å². The molecule has 2 N–H and O–H groups in total. The van der Waals surface area contributed by atoms with E-state index in [0.717, 1.165) is 6.54 Å². The first-order chi connectivity index (χ1) is 5.83. The minimum Gasteiger partial charge on any atom is -0.320 e. The van der Waals surface area contributed by atoms with Gasteiger partial charge >= 0.3 is 0 Å². The van der Waals surface area contributed by atoms with E-state index in [9.17, 15) is 0 Å². The van der Waals surface area contributed by atoms with Gasteiger partial charge < -0.3 is 15.5 Å². The van der Waals surface area contributed by atoms with Crippen molar-refractivity contribution in [3.63, 3.8) is 0 Å². The molecular weight excluding hydrogens is 150 g/mol. The van der Waals surface area contributed by atoms with Gasteiger partial charge in [0.15, 0.2) is 0 Å². The van der Waals surface area contributed by atoms with Crippen molar-refractivity contribution in [2.75, 3.05) is 40.3 Å². The zero-order valence-corrected chi connectivity index (χ0v) is 8.27. The van der Waals surface area contributed by atoms with E-state index < -0.39 is 0 Å². The molecule has 0 spiro atoms. The van der Waals surface area contributed by atoms with E-state index in [1.807, 2.05) is 7.05 Å². The summed E-state index contributed by atoms with van der Waals surface area (Å²) in [5.41, 5.74) is 0. The zero-order chi connectivity index (χ0) is 8.81. The zero-order valence-electron chi connectivity index (χ0n) is 8.27. The van der Waals surface area contributed by atoms with Crippen molar-refractivity contribution < 1.29 is 0 Å². The molecule has 3 heteroatoms. The fraction of sp³-hybridized carbons (Fsp3) is 1.00. The van der Waals surface area contributed by atoms with Crippen LogP contribution in [0.2, 0.25) is 0 Å². The molecule has 1 unspecified atom stereocenters. The fourth-order valence-electron chi connectivity index (χ4n) is 1.70. The molecule has 0 aliphatic carbocycles. The van der Waals surface area contributed by atoms with Gasteiger partial charge in [-0.15, -0.1) is 0 Å². The minimum atomic E-state index is 0.685. The first-order valence-corrected chi connectivity index (χ1v) is 4.89. The van der Waals surface area contributed by atoms with Crippen molar-refractivity contribution in [1.82, 2.24) is 15.5 Å². The molecule has 72 valence electrons. The monoisotopic (exact) mass is 171 g/mol. The smallest absolute Gasteiger partial charge is 0.0206 e. The maximum Gasteiger partial charge on any atom is 0.0206 e. The highest BCUT2D eigenvalue weighted by Crippen LogP contribution is 2.00. The summed E-state index contributed by atoms with van der Waals surface area (Å²) >= 11 is 0. The second-order valence-electron chi connectivity index (χ2n) is 3.66. The average molecular weight is 171 g/mol. The second kappa shape index (κ2) is 5.51. The number of hydrogen-bond donors (Lipinski definition) is 2. The lowest BCUT2D eigenvalue weighted by atomic mass is 10.2. The highest BCUT2D eigenvalue weighted by molar-refractivity contribution is 4.74. The number of likely N-dealkylation sites (N-methyl/N-ethyl adjacent to an activating group) is 1. The Morgan fingerprint density at radius 3 is 3.17 bits per heavy atom. The Labute approximate surface area is 75.5 Å². The highest BCUT2D eigenvalue weighted by atomic mass is 15.1. The van der Waals surface area contributed by atoms with Gasteiger partial charge in [0, 0.05) is 12.6 Å². The number of rotatable bonds is 3. The first kappa shape index (κ1) is 9.96. The lowest BCUT2D eigenvalue weighted by Gasteiger charge is -2.20. The highest BCUT2D eigenvalue weighted by Gasteiger charge is 2.13. The van der Waals surface area contributed by atoms with Crippen LogP contribution in [0.4, 0.5) is 0 Å². The Morgan fingerprint density at radius 1 is 1.58 bits per heavy atom. The normalized spacial score (nSPS) is 27.0. The molecular formula is C9H21N3. The van der Waals surface area contributed by atoms with E-state index in [1.54, 1.807) is 0 Å². The second-order valence-corrected chi connectivity index (χ2v) is 3.66. The summed E-state index contributed by atoms with van der Waals surface area (Å²) in [5, 5.41) is 6.76. The van der Waals surface area contributed by atoms with Crippen LogP contribution in [-0.4, -0.2) is 51.2 Å². The fourth-order valence-corrected chi connectivity index (χ4v) is 1.70. The first-order valence-electron chi connectivity index (χ1n) is 4.89. The van der Waals surface area contributed by atoms with E-state index in [1.165, 1.54) is 32.5 Å². The third-order valence-corrected chi connectivity index (χ3v) is 2.42. The Hall–Kier alpha value is -0.120. The average Bonchev–Trinajstić information content (AvgIpc) is 2.26. The van der Waals surface area contributed by atoms with E-state index in [-0.39, 0.29) is 0 Å². The van der Waals surface area contributed by atoms with E-state index in [4.69, 9.17) is 0 Å². The van der Waals surface area contributed by atoms with Crippen molar-refractivity contribution in [2.24, 2.45) is 0 Å². The molecule has 1 saturated heterocycles. The Kier molecular flexibility index (Phi) is 4.58.